The largest absolute Gasteiger partial charge is 0.497 e. The van der Waals surface area contributed by atoms with Crippen molar-refractivity contribution in [1.82, 2.24) is 0 Å². The first-order valence-corrected chi connectivity index (χ1v) is 8.72. The Kier molecular flexibility index (Phi) is 5.27. The van der Waals surface area contributed by atoms with E-state index in [0.717, 1.165) is 4.31 Å². The maximum absolute atomic E-state index is 12.8. The van der Waals surface area contributed by atoms with E-state index >= 15 is 0 Å². The van der Waals surface area contributed by atoms with E-state index in [-0.39, 0.29) is 10.6 Å². The van der Waals surface area contributed by atoms with E-state index in [4.69, 9.17) is 9.84 Å². The molecule has 23 heavy (non-hydrogen) atoms. The van der Waals surface area contributed by atoms with E-state index < -0.39 is 22.5 Å². The van der Waals surface area contributed by atoms with Crippen LogP contribution in [0, 0.1) is 0 Å². The number of hydrogen-bond donors (Lipinski definition) is 1. The Hall–Kier alpha value is -2.06. The van der Waals surface area contributed by atoms with E-state index in [1.165, 1.54) is 37.4 Å². The van der Waals surface area contributed by atoms with Crippen molar-refractivity contribution in [2.24, 2.45) is 0 Å². The van der Waals surface area contributed by atoms with E-state index in [9.17, 15) is 13.2 Å². The van der Waals surface area contributed by atoms with Crippen LogP contribution < -0.4 is 9.04 Å². The monoisotopic (exact) mass is 399 g/mol. The fourth-order valence-electron chi connectivity index (χ4n) is 1.95. The molecule has 0 aliphatic carbocycles. The summed E-state index contributed by atoms with van der Waals surface area (Å²) < 4.78 is 32.0. The summed E-state index contributed by atoms with van der Waals surface area (Å²) in [4.78, 5) is 11.1. The first-order chi connectivity index (χ1) is 10.9. The third kappa shape index (κ3) is 3.83. The zero-order valence-electron chi connectivity index (χ0n) is 12.1. The summed E-state index contributed by atoms with van der Waals surface area (Å²) in [5.74, 6) is -0.743. The minimum atomic E-state index is -4.03. The SMILES string of the molecule is COc1ccc(S(=O)(=O)N(CC(=O)O)c2ccccc2Br)cc1. The summed E-state index contributed by atoms with van der Waals surface area (Å²) in [7, 11) is -2.56. The Morgan fingerprint density at radius 3 is 2.30 bits per heavy atom. The van der Waals surface area contributed by atoms with Gasteiger partial charge in [-0.25, -0.2) is 8.42 Å². The predicted molar refractivity (Wildman–Crippen MR) is 89.3 cm³/mol. The topological polar surface area (TPSA) is 83.9 Å². The Balaban J connectivity index is 2.53. The molecule has 0 aromatic heterocycles. The van der Waals surface area contributed by atoms with Crippen LogP contribution in [0.15, 0.2) is 57.9 Å². The highest BCUT2D eigenvalue weighted by atomic mass is 79.9. The maximum Gasteiger partial charge on any atom is 0.324 e. The molecule has 0 amide bonds. The van der Waals surface area contributed by atoms with Gasteiger partial charge in [0.1, 0.15) is 12.3 Å². The molecule has 0 fully saturated rings. The van der Waals surface area contributed by atoms with Crippen LogP contribution in [0.25, 0.3) is 0 Å². The molecule has 0 bridgehead atoms. The smallest absolute Gasteiger partial charge is 0.324 e. The fourth-order valence-corrected chi connectivity index (χ4v) is 4.00. The van der Waals surface area contributed by atoms with Crippen molar-refractivity contribution in [2.45, 2.75) is 4.90 Å². The molecule has 1 N–H and O–H groups in total. The molecule has 0 aliphatic rings. The van der Waals surface area contributed by atoms with Crippen molar-refractivity contribution in [3.63, 3.8) is 0 Å². The van der Waals surface area contributed by atoms with Crippen molar-refractivity contribution >= 4 is 37.6 Å². The van der Waals surface area contributed by atoms with E-state index in [0.29, 0.717) is 10.2 Å². The lowest BCUT2D eigenvalue weighted by Crippen LogP contribution is -2.36. The third-order valence-electron chi connectivity index (χ3n) is 3.05. The van der Waals surface area contributed by atoms with Crippen LogP contribution in [0.4, 0.5) is 5.69 Å². The van der Waals surface area contributed by atoms with Gasteiger partial charge in [-0.2, -0.15) is 0 Å². The number of hydrogen-bond acceptors (Lipinski definition) is 4. The number of halogens is 1. The lowest BCUT2D eigenvalue weighted by molar-refractivity contribution is -0.135. The van der Waals surface area contributed by atoms with Crippen molar-refractivity contribution in [3.8, 4) is 5.75 Å². The number of nitrogens with zero attached hydrogens (tertiary/aromatic N) is 1. The van der Waals surface area contributed by atoms with Gasteiger partial charge in [0, 0.05) is 4.47 Å². The van der Waals surface area contributed by atoms with Gasteiger partial charge in [0.2, 0.25) is 0 Å². The van der Waals surface area contributed by atoms with Gasteiger partial charge in [-0.1, -0.05) is 12.1 Å². The second-order valence-electron chi connectivity index (χ2n) is 4.53. The number of para-hydroxylation sites is 1. The molecule has 0 radical (unpaired) electrons. The average molecular weight is 400 g/mol. The van der Waals surface area contributed by atoms with Crippen LogP contribution in [0.5, 0.6) is 5.75 Å². The summed E-state index contributed by atoms with van der Waals surface area (Å²) in [6.07, 6.45) is 0. The van der Waals surface area contributed by atoms with Crippen molar-refractivity contribution in [1.29, 1.82) is 0 Å². The quantitative estimate of drug-likeness (QED) is 0.806. The van der Waals surface area contributed by atoms with Gasteiger partial charge in [-0.3, -0.25) is 9.10 Å². The molecule has 0 saturated carbocycles. The highest BCUT2D eigenvalue weighted by Crippen LogP contribution is 2.30. The minimum absolute atomic E-state index is 0.0182. The standard InChI is InChI=1S/C15H14BrNO5S/c1-22-11-6-8-12(9-7-11)23(20,21)17(10-15(18)19)14-5-3-2-4-13(14)16/h2-9H,10H2,1H3,(H,18,19). The third-order valence-corrected chi connectivity index (χ3v) is 5.49. The van der Waals surface area contributed by atoms with Gasteiger partial charge >= 0.3 is 5.97 Å². The van der Waals surface area contributed by atoms with Crippen molar-refractivity contribution in [3.05, 3.63) is 53.0 Å². The molecule has 0 atom stereocenters. The fraction of sp³-hybridized carbons (Fsp3) is 0.133. The van der Waals surface area contributed by atoms with Gasteiger partial charge in [0.25, 0.3) is 10.0 Å². The maximum atomic E-state index is 12.8. The molecule has 6 nitrogen and oxygen atoms in total. The number of rotatable bonds is 6. The van der Waals surface area contributed by atoms with Crippen LogP contribution in [-0.4, -0.2) is 33.1 Å². The first kappa shape index (κ1) is 17.3. The lowest BCUT2D eigenvalue weighted by atomic mass is 10.3. The Morgan fingerprint density at radius 1 is 1.17 bits per heavy atom. The van der Waals surface area contributed by atoms with Gasteiger partial charge in [0.05, 0.1) is 17.7 Å². The lowest BCUT2D eigenvalue weighted by Gasteiger charge is -2.23. The molecule has 8 heteroatoms. The second-order valence-corrected chi connectivity index (χ2v) is 7.25. The molecule has 2 aromatic rings. The number of carboxylic acids is 1. The van der Waals surface area contributed by atoms with E-state index in [1.54, 1.807) is 18.2 Å². The average Bonchev–Trinajstić information content (AvgIpc) is 2.53. The highest BCUT2D eigenvalue weighted by molar-refractivity contribution is 9.10. The second kappa shape index (κ2) is 7.01. The number of anilines is 1. The Bertz CT molecular complexity index is 805. The van der Waals surface area contributed by atoms with Crippen molar-refractivity contribution < 1.29 is 23.1 Å². The molecular weight excluding hydrogens is 386 g/mol. The highest BCUT2D eigenvalue weighted by Gasteiger charge is 2.28. The molecule has 122 valence electrons. The summed E-state index contributed by atoms with van der Waals surface area (Å²) in [6, 6.07) is 12.3. The molecule has 0 unspecified atom stereocenters. The first-order valence-electron chi connectivity index (χ1n) is 6.49. The number of carboxylic acid groups (broad SMARTS) is 1. The summed E-state index contributed by atoms with van der Waals surface area (Å²) in [6.45, 7) is -0.684. The predicted octanol–water partition coefficient (Wildman–Crippen LogP) is 2.74. The molecule has 0 heterocycles. The summed E-state index contributed by atoms with van der Waals surface area (Å²) >= 11 is 3.26. The number of aliphatic carboxylic acids is 1. The Morgan fingerprint density at radius 2 is 1.78 bits per heavy atom. The molecule has 2 rings (SSSR count). The van der Waals surface area contributed by atoms with Gasteiger partial charge < -0.3 is 9.84 Å². The van der Waals surface area contributed by atoms with Crippen molar-refractivity contribution in [2.75, 3.05) is 18.0 Å². The molecular formula is C15H14BrNO5S. The molecule has 0 spiro atoms. The van der Waals surface area contributed by atoms with Crippen LogP contribution in [0.3, 0.4) is 0 Å². The number of sulfonamides is 1. The van der Waals surface area contributed by atoms with Gasteiger partial charge in [-0.15, -0.1) is 0 Å². The Labute approximate surface area is 142 Å². The van der Waals surface area contributed by atoms with Crippen LogP contribution in [0.2, 0.25) is 0 Å². The minimum Gasteiger partial charge on any atom is -0.497 e. The number of ether oxygens (including phenoxy) is 1. The van der Waals surface area contributed by atoms with E-state index in [2.05, 4.69) is 15.9 Å². The zero-order chi connectivity index (χ0) is 17.0. The molecule has 2 aromatic carbocycles. The number of benzene rings is 2. The van der Waals surface area contributed by atoms with Crippen LogP contribution in [-0.2, 0) is 14.8 Å². The van der Waals surface area contributed by atoms with Gasteiger partial charge in [0.15, 0.2) is 0 Å². The van der Waals surface area contributed by atoms with E-state index in [1.807, 2.05) is 0 Å². The number of methoxy groups -OCH3 is 1. The summed E-state index contributed by atoms with van der Waals surface area (Å²) in [5.41, 5.74) is 0.255. The van der Waals surface area contributed by atoms with Gasteiger partial charge in [-0.05, 0) is 52.3 Å². The molecule has 0 aliphatic heterocycles. The normalized spacial score (nSPS) is 11.0. The molecule has 0 saturated heterocycles. The summed E-state index contributed by atoms with van der Waals surface area (Å²) in [5, 5.41) is 9.09. The number of carbonyl (C=O) groups is 1. The van der Waals surface area contributed by atoms with Crippen LogP contribution in [0.1, 0.15) is 0 Å². The van der Waals surface area contributed by atoms with Crippen LogP contribution >= 0.6 is 15.9 Å². The zero-order valence-corrected chi connectivity index (χ0v) is 14.5.